The van der Waals surface area contributed by atoms with Crippen molar-refractivity contribution in [3.8, 4) is 0 Å². The van der Waals surface area contributed by atoms with Crippen LogP contribution in [0.2, 0.25) is 0 Å². The molecular formula is C8H19NO2. The van der Waals surface area contributed by atoms with Crippen LogP contribution in [0.4, 0.5) is 0 Å². The van der Waals surface area contributed by atoms with Crippen molar-refractivity contribution in [3.05, 3.63) is 0 Å². The zero-order chi connectivity index (χ0) is 8.85. The Labute approximate surface area is 68.9 Å². The van der Waals surface area contributed by atoms with Crippen LogP contribution in [-0.4, -0.2) is 26.6 Å². The molecule has 0 saturated carbocycles. The van der Waals surface area contributed by atoms with Crippen molar-refractivity contribution in [1.82, 2.24) is 0 Å². The quantitative estimate of drug-likeness (QED) is 0.611. The summed E-state index contributed by atoms with van der Waals surface area (Å²) in [6.45, 7) is 4.25. The first kappa shape index (κ1) is 10.9. The van der Waals surface area contributed by atoms with E-state index < -0.39 is 0 Å². The van der Waals surface area contributed by atoms with Gasteiger partial charge in [0.2, 0.25) is 0 Å². The highest BCUT2D eigenvalue weighted by atomic mass is 16.7. The summed E-state index contributed by atoms with van der Waals surface area (Å²) in [4.78, 5) is 0. The van der Waals surface area contributed by atoms with E-state index in [4.69, 9.17) is 15.2 Å². The van der Waals surface area contributed by atoms with Gasteiger partial charge < -0.3 is 15.2 Å². The molecular weight excluding hydrogens is 142 g/mol. The van der Waals surface area contributed by atoms with Crippen LogP contribution in [0, 0.1) is 5.92 Å². The molecule has 0 aliphatic rings. The molecule has 1 atom stereocenters. The van der Waals surface area contributed by atoms with Gasteiger partial charge in [-0.1, -0.05) is 13.8 Å². The molecule has 0 bridgehead atoms. The molecule has 0 aliphatic carbocycles. The highest BCUT2D eigenvalue weighted by Crippen LogP contribution is 2.08. The minimum atomic E-state index is -0.266. The van der Waals surface area contributed by atoms with Gasteiger partial charge in [0.25, 0.3) is 0 Å². The van der Waals surface area contributed by atoms with Crippen molar-refractivity contribution < 1.29 is 9.47 Å². The maximum absolute atomic E-state index is 5.79. The van der Waals surface area contributed by atoms with Gasteiger partial charge in [0.05, 0.1) is 6.04 Å². The van der Waals surface area contributed by atoms with Crippen LogP contribution in [0.5, 0.6) is 0 Å². The van der Waals surface area contributed by atoms with E-state index in [0.29, 0.717) is 5.92 Å². The minimum absolute atomic E-state index is 0.0231. The van der Waals surface area contributed by atoms with Gasteiger partial charge in [0.15, 0.2) is 6.29 Å². The topological polar surface area (TPSA) is 44.5 Å². The molecule has 11 heavy (non-hydrogen) atoms. The van der Waals surface area contributed by atoms with Crippen LogP contribution in [0.1, 0.15) is 20.3 Å². The van der Waals surface area contributed by atoms with Crippen molar-refractivity contribution in [2.75, 3.05) is 14.2 Å². The monoisotopic (exact) mass is 161 g/mol. The number of rotatable bonds is 5. The lowest BCUT2D eigenvalue weighted by atomic mass is 10.0. The van der Waals surface area contributed by atoms with Gasteiger partial charge in [-0.15, -0.1) is 0 Å². The van der Waals surface area contributed by atoms with Crippen molar-refractivity contribution >= 4 is 0 Å². The molecule has 0 amide bonds. The first-order chi connectivity index (χ1) is 5.11. The summed E-state index contributed by atoms with van der Waals surface area (Å²) in [6.07, 6.45) is 0.657. The highest BCUT2D eigenvalue weighted by Gasteiger charge is 2.16. The Morgan fingerprint density at radius 1 is 1.18 bits per heavy atom. The Balaban J connectivity index is 3.68. The van der Waals surface area contributed by atoms with E-state index in [1.807, 2.05) is 0 Å². The van der Waals surface area contributed by atoms with Gasteiger partial charge in [0.1, 0.15) is 0 Å². The summed E-state index contributed by atoms with van der Waals surface area (Å²) in [5.41, 5.74) is 5.79. The van der Waals surface area contributed by atoms with E-state index >= 15 is 0 Å². The van der Waals surface area contributed by atoms with E-state index in [0.717, 1.165) is 6.42 Å². The Kier molecular flexibility index (Phi) is 5.46. The van der Waals surface area contributed by atoms with Crippen LogP contribution in [0.3, 0.4) is 0 Å². The van der Waals surface area contributed by atoms with E-state index in [2.05, 4.69) is 13.8 Å². The van der Waals surface area contributed by atoms with Gasteiger partial charge >= 0.3 is 0 Å². The summed E-state index contributed by atoms with van der Waals surface area (Å²) in [5, 5.41) is 0. The van der Waals surface area contributed by atoms with Gasteiger partial charge in [0, 0.05) is 14.2 Å². The molecule has 0 spiro atoms. The summed E-state index contributed by atoms with van der Waals surface area (Å²) < 4.78 is 10.0. The molecule has 0 fully saturated rings. The van der Waals surface area contributed by atoms with Crippen molar-refractivity contribution in [2.24, 2.45) is 11.7 Å². The van der Waals surface area contributed by atoms with Crippen molar-refractivity contribution in [3.63, 3.8) is 0 Å². The van der Waals surface area contributed by atoms with Gasteiger partial charge in [-0.25, -0.2) is 0 Å². The predicted octanol–water partition coefficient (Wildman–Crippen LogP) is 0.979. The third kappa shape index (κ3) is 4.35. The summed E-state index contributed by atoms with van der Waals surface area (Å²) in [5.74, 6) is 0.581. The fourth-order valence-corrected chi connectivity index (χ4v) is 1.10. The molecule has 3 heteroatoms. The second kappa shape index (κ2) is 5.52. The number of nitrogens with two attached hydrogens (primary N) is 1. The average Bonchev–Trinajstić information content (AvgIpc) is 1.88. The average molecular weight is 161 g/mol. The second-order valence-corrected chi connectivity index (χ2v) is 3.13. The van der Waals surface area contributed by atoms with Crippen molar-refractivity contribution in [2.45, 2.75) is 32.6 Å². The standard InChI is InChI=1S/C8H19NO2/c1-6(2)5-7(9)8(10-3)11-4/h6-8H,5,9H2,1-4H3/t7-/m0/s1. The molecule has 0 aromatic heterocycles. The van der Waals surface area contributed by atoms with Gasteiger partial charge in [-0.05, 0) is 12.3 Å². The predicted molar refractivity (Wildman–Crippen MR) is 45.2 cm³/mol. The Bertz CT molecular complexity index is 92.1. The van der Waals surface area contributed by atoms with Crippen LogP contribution < -0.4 is 5.73 Å². The molecule has 68 valence electrons. The summed E-state index contributed by atoms with van der Waals surface area (Å²) in [7, 11) is 3.21. The lowest BCUT2D eigenvalue weighted by Crippen LogP contribution is -2.38. The van der Waals surface area contributed by atoms with E-state index in [9.17, 15) is 0 Å². The number of hydrogen-bond acceptors (Lipinski definition) is 3. The molecule has 3 nitrogen and oxygen atoms in total. The first-order valence-electron chi connectivity index (χ1n) is 3.93. The molecule has 0 aromatic carbocycles. The van der Waals surface area contributed by atoms with Gasteiger partial charge in [-0.3, -0.25) is 0 Å². The van der Waals surface area contributed by atoms with E-state index in [1.54, 1.807) is 14.2 Å². The van der Waals surface area contributed by atoms with Crippen LogP contribution in [-0.2, 0) is 9.47 Å². The normalized spacial score (nSPS) is 14.5. The Morgan fingerprint density at radius 2 is 1.64 bits per heavy atom. The highest BCUT2D eigenvalue weighted by molar-refractivity contribution is 4.66. The summed E-state index contributed by atoms with van der Waals surface area (Å²) in [6, 6.07) is -0.0231. The molecule has 0 aliphatic heterocycles. The maximum Gasteiger partial charge on any atom is 0.171 e. The molecule has 0 saturated heterocycles. The zero-order valence-electron chi connectivity index (χ0n) is 7.83. The van der Waals surface area contributed by atoms with E-state index in [-0.39, 0.29) is 12.3 Å². The zero-order valence-corrected chi connectivity index (χ0v) is 7.83. The minimum Gasteiger partial charge on any atom is -0.354 e. The maximum atomic E-state index is 5.79. The first-order valence-corrected chi connectivity index (χ1v) is 3.93. The third-order valence-corrected chi connectivity index (χ3v) is 1.56. The van der Waals surface area contributed by atoms with E-state index in [1.165, 1.54) is 0 Å². The Morgan fingerprint density at radius 3 is 1.91 bits per heavy atom. The molecule has 0 heterocycles. The number of methoxy groups -OCH3 is 2. The molecule has 0 aromatic rings. The summed E-state index contributed by atoms with van der Waals surface area (Å²) >= 11 is 0. The third-order valence-electron chi connectivity index (χ3n) is 1.56. The second-order valence-electron chi connectivity index (χ2n) is 3.13. The van der Waals surface area contributed by atoms with Crippen molar-refractivity contribution in [1.29, 1.82) is 0 Å². The van der Waals surface area contributed by atoms with Crippen LogP contribution >= 0.6 is 0 Å². The molecule has 0 radical (unpaired) electrons. The molecule has 0 rings (SSSR count). The largest absolute Gasteiger partial charge is 0.354 e. The van der Waals surface area contributed by atoms with Crippen LogP contribution in [0.25, 0.3) is 0 Å². The molecule has 2 N–H and O–H groups in total. The Hall–Kier alpha value is -0.120. The molecule has 0 unspecified atom stereocenters. The van der Waals surface area contributed by atoms with Gasteiger partial charge in [-0.2, -0.15) is 0 Å². The fraction of sp³-hybridized carbons (Fsp3) is 1.00. The lowest BCUT2D eigenvalue weighted by Gasteiger charge is -2.22. The SMILES string of the molecule is COC(OC)[C@@H](N)CC(C)C. The van der Waals surface area contributed by atoms with Crippen LogP contribution in [0.15, 0.2) is 0 Å². The number of ether oxygens (including phenoxy) is 2. The lowest BCUT2D eigenvalue weighted by molar-refractivity contribution is -0.118. The number of hydrogen-bond donors (Lipinski definition) is 1. The fourth-order valence-electron chi connectivity index (χ4n) is 1.10. The smallest absolute Gasteiger partial charge is 0.171 e.